The van der Waals surface area contributed by atoms with Gasteiger partial charge in [-0.1, -0.05) is 12.1 Å². The Labute approximate surface area is 149 Å². The Hall–Kier alpha value is -2.05. The number of aromatic nitrogens is 1. The maximum Gasteiger partial charge on any atom is 0.495 e. The number of ether oxygens (including phenoxy) is 2. The van der Waals surface area contributed by atoms with Crippen molar-refractivity contribution in [3.8, 4) is 11.6 Å². The highest BCUT2D eigenvalue weighted by molar-refractivity contribution is 6.62. The van der Waals surface area contributed by atoms with E-state index in [0.717, 1.165) is 16.8 Å². The molecule has 2 aromatic rings. The standard InChI is InChI=1S/C19H24BNO4/c1-18(2)19(3,4)25-20(24-18)15-9-10-21-17(12-15)23-13-14-7-6-8-16(11-14)22-5/h6-12H,13H2,1-5H3. The summed E-state index contributed by atoms with van der Waals surface area (Å²) >= 11 is 0. The van der Waals surface area contributed by atoms with Crippen molar-refractivity contribution in [3.05, 3.63) is 48.2 Å². The summed E-state index contributed by atoms with van der Waals surface area (Å²) in [5.74, 6) is 1.34. The SMILES string of the molecule is COc1cccc(COc2cc(B3OC(C)(C)C(C)(C)O3)ccn2)c1. The molecule has 1 aromatic heterocycles. The molecule has 0 bridgehead atoms. The minimum absolute atomic E-state index is 0.372. The Morgan fingerprint density at radius 3 is 2.44 bits per heavy atom. The average Bonchev–Trinajstić information content (AvgIpc) is 2.81. The first-order valence-electron chi connectivity index (χ1n) is 8.38. The molecule has 0 radical (unpaired) electrons. The van der Waals surface area contributed by atoms with Crippen molar-refractivity contribution in [2.75, 3.05) is 7.11 Å². The van der Waals surface area contributed by atoms with Crippen LogP contribution in [0.2, 0.25) is 0 Å². The van der Waals surface area contributed by atoms with E-state index in [1.807, 2.05) is 64.1 Å². The second kappa shape index (κ2) is 6.69. The maximum atomic E-state index is 6.08. The summed E-state index contributed by atoms with van der Waals surface area (Å²) in [6.45, 7) is 8.56. The number of methoxy groups -OCH3 is 1. The number of hydrogen-bond acceptors (Lipinski definition) is 5. The van der Waals surface area contributed by atoms with Crippen molar-refractivity contribution in [3.63, 3.8) is 0 Å². The molecular formula is C19H24BNO4. The lowest BCUT2D eigenvalue weighted by Crippen LogP contribution is -2.41. The largest absolute Gasteiger partial charge is 0.497 e. The molecule has 0 atom stereocenters. The molecule has 132 valence electrons. The van der Waals surface area contributed by atoms with E-state index in [4.69, 9.17) is 18.8 Å². The predicted octanol–water partition coefficient (Wildman–Crippen LogP) is 2.97. The first-order valence-corrected chi connectivity index (χ1v) is 8.38. The molecule has 25 heavy (non-hydrogen) atoms. The Morgan fingerprint density at radius 1 is 1.04 bits per heavy atom. The van der Waals surface area contributed by atoms with Crippen molar-refractivity contribution in [1.82, 2.24) is 4.98 Å². The van der Waals surface area contributed by atoms with Crippen LogP contribution in [0.25, 0.3) is 0 Å². The fourth-order valence-electron chi connectivity index (χ4n) is 2.55. The summed E-state index contributed by atoms with van der Waals surface area (Å²) in [7, 11) is 1.22. The van der Waals surface area contributed by atoms with Gasteiger partial charge in [0, 0.05) is 12.3 Å². The summed E-state index contributed by atoms with van der Waals surface area (Å²) in [4.78, 5) is 4.28. The van der Waals surface area contributed by atoms with E-state index in [1.165, 1.54) is 0 Å². The van der Waals surface area contributed by atoms with Crippen LogP contribution < -0.4 is 14.9 Å². The van der Waals surface area contributed by atoms with Crippen LogP contribution in [0.4, 0.5) is 0 Å². The maximum absolute atomic E-state index is 6.08. The third-order valence-electron chi connectivity index (χ3n) is 4.81. The third kappa shape index (κ3) is 3.80. The molecule has 1 aromatic carbocycles. The second-order valence-electron chi connectivity index (χ2n) is 7.16. The summed E-state index contributed by atoms with van der Waals surface area (Å²) in [5.41, 5.74) is 1.17. The summed E-state index contributed by atoms with van der Waals surface area (Å²) in [5, 5.41) is 0. The molecule has 2 heterocycles. The van der Waals surface area contributed by atoms with Crippen molar-refractivity contribution >= 4 is 12.6 Å². The Morgan fingerprint density at radius 2 is 1.76 bits per heavy atom. The molecule has 6 heteroatoms. The molecule has 1 aliphatic heterocycles. The van der Waals surface area contributed by atoms with E-state index >= 15 is 0 Å². The fourth-order valence-corrected chi connectivity index (χ4v) is 2.55. The lowest BCUT2D eigenvalue weighted by molar-refractivity contribution is 0.00578. The minimum Gasteiger partial charge on any atom is -0.497 e. The number of rotatable bonds is 5. The van der Waals surface area contributed by atoms with Crippen molar-refractivity contribution in [1.29, 1.82) is 0 Å². The van der Waals surface area contributed by atoms with Gasteiger partial charge in [-0.3, -0.25) is 0 Å². The topological polar surface area (TPSA) is 49.8 Å². The van der Waals surface area contributed by atoms with Crippen molar-refractivity contribution < 1.29 is 18.8 Å². The van der Waals surface area contributed by atoms with Crippen LogP contribution in [-0.2, 0) is 15.9 Å². The van der Waals surface area contributed by atoms with E-state index in [1.54, 1.807) is 13.3 Å². The lowest BCUT2D eigenvalue weighted by Gasteiger charge is -2.32. The van der Waals surface area contributed by atoms with E-state index < -0.39 is 7.12 Å². The molecule has 0 spiro atoms. The Bertz CT molecular complexity index is 732. The highest BCUT2D eigenvalue weighted by Gasteiger charge is 2.51. The van der Waals surface area contributed by atoms with E-state index in [0.29, 0.717) is 12.5 Å². The van der Waals surface area contributed by atoms with Crippen molar-refractivity contribution in [2.24, 2.45) is 0 Å². The molecule has 5 nitrogen and oxygen atoms in total. The predicted molar refractivity (Wildman–Crippen MR) is 97.3 cm³/mol. The van der Waals surface area contributed by atoms with Gasteiger partial charge in [0.15, 0.2) is 0 Å². The highest BCUT2D eigenvalue weighted by atomic mass is 16.7. The molecule has 3 rings (SSSR count). The molecule has 0 amide bonds. The molecular weight excluding hydrogens is 317 g/mol. The monoisotopic (exact) mass is 341 g/mol. The number of benzene rings is 1. The van der Waals surface area contributed by atoms with Crippen LogP contribution in [0, 0.1) is 0 Å². The smallest absolute Gasteiger partial charge is 0.495 e. The fraction of sp³-hybridized carbons (Fsp3) is 0.421. The minimum atomic E-state index is -0.424. The third-order valence-corrected chi connectivity index (χ3v) is 4.81. The molecule has 0 saturated carbocycles. The molecule has 0 unspecified atom stereocenters. The van der Waals surface area contributed by atoms with Gasteiger partial charge in [-0.2, -0.15) is 0 Å². The highest BCUT2D eigenvalue weighted by Crippen LogP contribution is 2.36. The van der Waals surface area contributed by atoms with E-state index in [-0.39, 0.29) is 11.2 Å². The first-order chi connectivity index (χ1) is 11.8. The molecule has 1 aliphatic rings. The van der Waals surface area contributed by atoms with Gasteiger partial charge < -0.3 is 18.8 Å². The van der Waals surface area contributed by atoms with Gasteiger partial charge in [-0.15, -0.1) is 0 Å². The van der Waals surface area contributed by atoms with Crippen LogP contribution in [0.1, 0.15) is 33.3 Å². The average molecular weight is 341 g/mol. The quantitative estimate of drug-likeness (QED) is 0.783. The van der Waals surface area contributed by atoms with Crippen LogP contribution in [-0.4, -0.2) is 30.4 Å². The zero-order valence-corrected chi connectivity index (χ0v) is 15.4. The van der Waals surface area contributed by atoms with Gasteiger partial charge in [-0.25, -0.2) is 4.98 Å². The zero-order chi connectivity index (χ0) is 18.1. The number of hydrogen-bond donors (Lipinski definition) is 0. The summed E-state index contributed by atoms with van der Waals surface area (Å²) in [6, 6.07) is 11.5. The van der Waals surface area contributed by atoms with Gasteiger partial charge in [0.1, 0.15) is 12.4 Å². The number of pyridine rings is 1. The Balaban J connectivity index is 1.70. The van der Waals surface area contributed by atoms with Gasteiger partial charge in [0.25, 0.3) is 0 Å². The molecule has 1 fully saturated rings. The van der Waals surface area contributed by atoms with Gasteiger partial charge in [-0.05, 0) is 56.9 Å². The lowest BCUT2D eigenvalue weighted by atomic mass is 9.80. The number of nitrogens with zero attached hydrogens (tertiary/aromatic N) is 1. The Kier molecular flexibility index (Phi) is 4.76. The first kappa shape index (κ1) is 17.8. The molecule has 1 saturated heterocycles. The van der Waals surface area contributed by atoms with Gasteiger partial charge in [0.2, 0.25) is 5.88 Å². The van der Waals surface area contributed by atoms with Crippen LogP contribution in [0.5, 0.6) is 11.6 Å². The summed E-state index contributed by atoms with van der Waals surface area (Å²) in [6.07, 6.45) is 1.71. The second-order valence-corrected chi connectivity index (χ2v) is 7.16. The van der Waals surface area contributed by atoms with Crippen LogP contribution in [0.15, 0.2) is 42.6 Å². The molecule has 0 N–H and O–H groups in total. The normalized spacial score (nSPS) is 18.2. The van der Waals surface area contributed by atoms with Crippen molar-refractivity contribution in [2.45, 2.75) is 45.5 Å². The summed E-state index contributed by atoms with van der Waals surface area (Å²) < 4.78 is 23.2. The van der Waals surface area contributed by atoms with Gasteiger partial charge in [0.05, 0.1) is 18.3 Å². The van der Waals surface area contributed by atoms with E-state index in [9.17, 15) is 0 Å². The van der Waals surface area contributed by atoms with Gasteiger partial charge >= 0.3 is 7.12 Å². The van der Waals surface area contributed by atoms with E-state index in [2.05, 4.69) is 4.98 Å². The van der Waals surface area contributed by atoms with Crippen LogP contribution >= 0.6 is 0 Å². The van der Waals surface area contributed by atoms with Crippen LogP contribution in [0.3, 0.4) is 0 Å². The molecule has 0 aliphatic carbocycles. The zero-order valence-electron chi connectivity index (χ0n) is 15.4.